The Bertz CT molecular complexity index is 921. The number of hydrogen-bond donors (Lipinski definition) is 1. The highest BCUT2D eigenvalue weighted by Gasteiger charge is 2.26. The number of hydrogen-bond acceptors (Lipinski definition) is 5. The maximum Gasteiger partial charge on any atom is 0.254 e. The van der Waals surface area contributed by atoms with E-state index in [2.05, 4.69) is 9.97 Å². The van der Waals surface area contributed by atoms with Crippen LogP contribution in [0.15, 0.2) is 53.2 Å². The van der Waals surface area contributed by atoms with E-state index in [9.17, 15) is 9.90 Å². The number of benzene rings is 1. The van der Waals surface area contributed by atoms with Gasteiger partial charge >= 0.3 is 0 Å². The summed E-state index contributed by atoms with van der Waals surface area (Å²) in [7, 11) is 0. The van der Waals surface area contributed by atoms with Gasteiger partial charge in [-0.05, 0) is 36.2 Å². The fourth-order valence-electron chi connectivity index (χ4n) is 3.15. The van der Waals surface area contributed by atoms with Gasteiger partial charge in [0, 0.05) is 37.3 Å². The molecule has 1 aliphatic rings. The lowest BCUT2D eigenvalue weighted by atomic mass is 10.1. The number of phenols is 1. The van der Waals surface area contributed by atoms with Gasteiger partial charge in [0.15, 0.2) is 5.89 Å². The summed E-state index contributed by atoms with van der Waals surface area (Å²) in [6, 6.07) is 10.4. The number of oxazole rings is 1. The van der Waals surface area contributed by atoms with E-state index < -0.39 is 0 Å². The van der Waals surface area contributed by atoms with Gasteiger partial charge in [-0.15, -0.1) is 0 Å². The number of aromatic nitrogens is 2. The highest BCUT2D eigenvalue weighted by atomic mass is 16.4. The summed E-state index contributed by atoms with van der Waals surface area (Å²) in [6.45, 7) is 1.01. The maximum atomic E-state index is 12.6. The predicted octanol–water partition coefficient (Wildman–Crippen LogP) is 2.76. The first-order chi connectivity index (χ1) is 12.7. The van der Waals surface area contributed by atoms with Crippen LogP contribution in [0.5, 0.6) is 5.75 Å². The van der Waals surface area contributed by atoms with Crippen molar-refractivity contribution in [2.75, 3.05) is 6.54 Å². The van der Waals surface area contributed by atoms with E-state index in [1.807, 2.05) is 18.3 Å². The summed E-state index contributed by atoms with van der Waals surface area (Å²) in [6.07, 6.45) is 5.78. The second-order valence-electron chi connectivity index (χ2n) is 6.37. The van der Waals surface area contributed by atoms with Gasteiger partial charge in [-0.2, -0.15) is 0 Å². The van der Waals surface area contributed by atoms with Crippen LogP contribution in [0, 0.1) is 0 Å². The number of fused-ring (bicyclic) bond motifs is 1. The molecule has 0 unspecified atom stereocenters. The molecule has 132 valence electrons. The van der Waals surface area contributed by atoms with Crippen LogP contribution in [0.4, 0.5) is 0 Å². The molecule has 1 aromatic carbocycles. The predicted molar refractivity (Wildman–Crippen MR) is 94.7 cm³/mol. The Labute approximate surface area is 151 Å². The molecule has 6 nitrogen and oxygen atoms in total. The van der Waals surface area contributed by atoms with Crippen molar-refractivity contribution in [3.63, 3.8) is 0 Å². The fourth-order valence-corrected chi connectivity index (χ4v) is 3.15. The van der Waals surface area contributed by atoms with Crippen LogP contribution in [0.2, 0.25) is 0 Å². The molecule has 1 aliphatic heterocycles. The van der Waals surface area contributed by atoms with Crippen LogP contribution in [0.25, 0.3) is 0 Å². The number of nitrogens with zero attached hydrogens (tertiary/aromatic N) is 3. The monoisotopic (exact) mass is 349 g/mol. The summed E-state index contributed by atoms with van der Waals surface area (Å²) in [5, 5.41) is 9.57. The molecular weight excluding hydrogens is 330 g/mol. The number of amides is 1. The minimum Gasteiger partial charge on any atom is -0.508 e. The molecule has 0 saturated carbocycles. The number of aromatic hydroxyl groups is 1. The van der Waals surface area contributed by atoms with E-state index in [0.717, 1.165) is 23.4 Å². The van der Waals surface area contributed by atoms with Crippen LogP contribution in [-0.4, -0.2) is 32.4 Å². The molecule has 0 aliphatic carbocycles. The normalized spacial score (nSPS) is 13.5. The van der Waals surface area contributed by atoms with Crippen LogP contribution in [-0.2, 0) is 25.8 Å². The largest absolute Gasteiger partial charge is 0.508 e. The Morgan fingerprint density at radius 3 is 2.96 bits per heavy atom. The minimum atomic E-state index is -0.105. The highest BCUT2D eigenvalue weighted by Crippen LogP contribution is 2.23. The molecule has 6 heteroatoms. The third-order valence-electron chi connectivity index (χ3n) is 4.50. The summed E-state index contributed by atoms with van der Waals surface area (Å²) in [5.41, 5.74) is 2.45. The average Bonchev–Trinajstić information content (AvgIpc) is 3.08. The van der Waals surface area contributed by atoms with Crippen molar-refractivity contribution < 1.29 is 14.3 Å². The second kappa shape index (κ2) is 7.00. The van der Waals surface area contributed by atoms with Crippen molar-refractivity contribution in [1.82, 2.24) is 14.9 Å². The van der Waals surface area contributed by atoms with E-state index in [1.54, 1.807) is 29.3 Å². The topological polar surface area (TPSA) is 79.5 Å². The Hall–Kier alpha value is -3.15. The first-order valence-electron chi connectivity index (χ1n) is 8.64. The molecule has 4 rings (SSSR count). The Morgan fingerprint density at radius 2 is 2.15 bits per heavy atom. The number of pyridine rings is 1. The lowest BCUT2D eigenvalue weighted by Gasteiger charge is -2.25. The second-order valence-corrected chi connectivity index (χ2v) is 6.37. The quantitative estimate of drug-likeness (QED) is 0.783. The van der Waals surface area contributed by atoms with E-state index in [-0.39, 0.29) is 11.7 Å². The third kappa shape index (κ3) is 3.44. The molecule has 0 radical (unpaired) electrons. The molecule has 0 spiro atoms. The smallest absolute Gasteiger partial charge is 0.254 e. The lowest BCUT2D eigenvalue weighted by molar-refractivity contribution is 0.0727. The molecule has 3 heterocycles. The molecule has 3 aromatic rings. The summed E-state index contributed by atoms with van der Waals surface area (Å²) < 4.78 is 5.87. The standard InChI is InChI=1S/C20H19N3O3/c24-16-5-1-4-15(11-16)20(25)23-10-8-18-17(13-23)22-19(26-18)7-6-14-3-2-9-21-12-14/h1-5,9,11-12,24H,6-8,10,13H2. The number of aryl methyl sites for hydroxylation is 2. The molecule has 0 bridgehead atoms. The Balaban J connectivity index is 1.44. The molecule has 2 aromatic heterocycles. The van der Waals surface area contributed by atoms with Crippen molar-refractivity contribution in [2.45, 2.75) is 25.8 Å². The van der Waals surface area contributed by atoms with E-state index >= 15 is 0 Å². The molecule has 0 fully saturated rings. The van der Waals surface area contributed by atoms with Crippen molar-refractivity contribution >= 4 is 5.91 Å². The van der Waals surface area contributed by atoms with Crippen LogP contribution in [0.1, 0.15) is 33.3 Å². The molecule has 1 N–H and O–H groups in total. The van der Waals surface area contributed by atoms with Crippen molar-refractivity contribution in [3.8, 4) is 5.75 Å². The summed E-state index contributed by atoms with van der Waals surface area (Å²) >= 11 is 0. The number of phenolic OH excluding ortho intramolecular Hbond substituents is 1. The van der Waals surface area contributed by atoms with Gasteiger partial charge < -0.3 is 14.4 Å². The third-order valence-corrected chi connectivity index (χ3v) is 4.50. The minimum absolute atomic E-state index is 0.0904. The number of rotatable bonds is 4. The molecular formula is C20H19N3O3. The van der Waals surface area contributed by atoms with Crippen molar-refractivity contribution in [3.05, 3.63) is 77.3 Å². The van der Waals surface area contributed by atoms with Gasteiger partial charge in [0.25, 0.3) is 5.91 Å². The van der Waals surface area contributed by atoms with E-state index in [1.165, 1.54) is 6.07 Å². The number of carbonyl (C=O) groups is 1. The van der Waals surface area contributed by atoms with E-state index in [4.69, 9.17) is 4.42 Å². The van der Waals surface area contributed by atoms with Gasteiger partial charge in [-0.25, -0.2) is 4.98 Å². The summed E-state index contributed by atoms with van der Waals surface area (Å²) in [5.74, 6) is 1.55. The van der Waals surface area contributed by atoms with E-state index in [0.29, 0.717) is 37.4 Å². The maximum absolute atomic E-state index is 12.6. The molecule has 26 heavy (non-hydrogen) atoms. The fraction of sp³-hybridized carbons (Fsp3) is 0.250. The van der Waals surface area contributed by atoms with Crippen molar-refractivity contribution in [1.29, 1.82) is 0 Å². The van der Waals surface area contributed by atoms with Crippen LogP contribution in [0.3, 0.4) is 0 Å². The van der Waals surface area contributed by atoms with Gasteiger partial charge in [0.05, 0.1) is 6.54 Å². The number of carbonyl (C=O) groups excluding carboxylic acids is 1. The zero-order valence-corrected chi connectivity index (χ0v) is 14.3. The first-order valence-corrected chi connectivity index (χ1v) is 8.64. The SMILES string of the molecule is O=C(c1cccc(O)c1)N1CCc2oc(CCc3cccnc3)nc2C1. The summed E-state index contributed by atoms with van der Waals surface area (Å²) in [4.78, 5) is 23.1. The van der Waals surface area contributed by atoms with Crippen LogP contribution < -0.4 is 0 Å². The zero-order valence-electron chi connectivity index (χ0n) is 14.3. The van der Waals surface area contributed by atoms with Gasteiger partial charge in [0.1, 0.15) is 17.2 Å². The Kier molecular flexibility index (Phi) is 4.39. The first kappa shape index (κ1) is 16.3. The zero-order chi connectivity index (χ0) is 17.9. The lowest BCUT2D eigenvalue weighted by Crippen LogP contribution is -2.35. The van der Waals surface area contributed by atoms with Gasteiger partial charge in [0.2, 0.25) is 0 Å². The van der Waals surface area contributed by atoms with Gasteiger partial charge in [-0.3, -0.25) is 9.78 Å². The highest BCUT2D eigenvalue weighted by molar-refractivity contribution is 5.94. The molecule has 0 atom stereocenters. The Morgan fingerprint density at radius 1 is 1.23 bits per heavy atom. The van der Waals surface area contributed by atoms with Crippen molar-refractivity contribution in [2.24, 2.45) is 0 Å². The van der Waals surface area contributed by atoms with Gasteiger partial charge in [-0.1, -0.05) is 12.1 Å². The molecule has 1 amide bonds. The van der Waals surface area contributed by atoms with Crippen LogP contribution >= 0.6 is 0 Å². The average molecular weight is 349 g/mol. The molecule has 0 saturated heterocycles.